The number of benzene rings is 1. The van der Waals surface area contributed by atoms with Crippen LogP contribution < -0.4 is 0 Å². The minimum absolute atomic E-state index is 0.116. The average Bonchev–Trinajstić information content (AvgIpc) is 2.85. The summed E-state index contributed by atoms with van der Waals surface area (Å²) >= 11 is 0. The van der Waals surface area contributed by atoms with E-state index in [1.54, 1.807) is 7.11 Å². The van der Waals surface area contributed by atoms with Crippen molar-refractivity contribution < 1.29 is 14.3 Å². The number of nitrogens with zero attached hydrogens (tertiary/aromatic N) is 2. The smallest absolute Gasteiger partial charge is 0.224 e. The topological polar surface area (TPSA) is 49.9 Å². The van der Waals surface area contributed by atoms with Crippen molar-refractivity contribution in [3.63, 3.8) is 0 Å². The molecule has 1 saturated heterocycles. The average molecular weight is 332 g/mol. The molecular formula is C19H28N2O3. The summed E-state index contributed by atoms with van der Waals surface area (Å²) in [7, 11) is 1.60. The zero-order valence-electron chi connectivity index (χ0n) is 14.8. The molecule has 132 valence electrons. The number of rotatable bonds is 6. The molecule has 1 aliphatic rings. The van der Waals surface area contributed by atoms with Crippen LogP contribution in [0.3, 0.4) is 0 Å². The zero-order chi connectivity index (χ0) is 17.4. The first kappa shape index (κ1) is 18.5. The van der Waals surface area contributed by atoms with Gasteiger partial charge in [0.05, 0.1) is 13.0 Å². The first-order valence-electron chi connectivity index (χ1n) is 8.70. The van der Waals surface area contributed by atoms with Gasteiger partial charge in [-0.1, -0.05) is 29.8 Å². The number of amides is 2. The lowest BCUT2D eigenvalue weighted by Gasteiger charge is -2.22. The minimum atomic E-state index is 0.116. The van der Waals surface area contributed by atoms with Crippen LogP contribution in [0.2, 0.25) is 0 Å². The third kappa shape index (κ3) is 5.64. The van der Waals surface area contributed by atoms with Crippen molar-refractivity contribution in [1.82, 2.24) is 9.80 Å². The van der Waals surface area contributed by atoms with E-state index < -0.39 is 0 Å². The fourth-order valence-electron chi connectivity index (χ4n) is 2.93. The quantitative estimate of drug-likeness (QED) is 0.801. The van der Waals surface area contributed by atoms with Crippen molar-refractivity contribution in [3.05, 3.63) is 35.4 Å². The second kappa shape index (κ2) is 9.42. The molecule has 0 radical (unpaired) electrons. The molecule has 2 rings (SSSR count). The van der Waals surface area contributed by atoms with Gasteiger partial charge in [0.1, 0.15) is 0 Å². The summed E-state index contributed by atoms with van der Waals surface area (Å²) in [6.07, 6.45) is 2.56. The lowest BCUT2D eigenvalue weighted by molar-refractivity contribution is -0.134. The molecule has 5 heteroatoms. The van der Waals surface area contributed by atoms with Crippen LogP contribution in [0.5, 0.6) is 0 Å². The molecule has 0 spiro atoms. The second-order valence-corrected chi connectivity index (χ2v) is 6.34. The summed E-state index contributed by atoms with van der Waals surface area (Å²) in [5.41, 5.74) is 2.43. The number of carbonyl (C=O) groups excluding carboxylic acids is 2. The highest BCUT2D eigenvalue weighted by Gasteiger charge is 2.21. The fourth-order valence-corrected chi connectivity index (χ4v) is 2.93. The molecule has 0 aliphatic carbocycles. The maximum absolute atomic E-state index is 12.4. The van der Waals surface area contributed by atoms with Gasteiger partial charge in [0, 0.05) is 39.7 Å². The highest BCUT2D eigenvalue weighted by Crippen LogP contribution is 2.10. The van der Waals surface area contributed by atoms with E-state index in [1.807, 2.05) is 9.80 Å². The van der Waals surface area contributed by atoms with Gasteiger partial charge in [0.15, 0.2) is 0 Å². The number of carbonyl (C=O) groups is 2. The van der Waals surface area contributed by atoms with Crippen molar-refractivity contribution in [3.8, 4) is 0 Å². The van der Waals surface area contributed by atoms with Gasteiger partial charge in [-0.25, -0.2) is 0 Å². The maximum atomic E-state index is 12.4. The summed E-state index contributed by atoms with van der Waals surface area (Å²) in [6.45, 7) is 5.23. The van der Waals surface area contributed by atoms with Gasteiger partial charge in [-0.2, -0.15) is 0 Å². The number of methoxy groups -OCH3 is 1. The van der Waals surface area contributed by atoms with Gasteiger partial charge >= 0.3 is 0 Å². The van der Waals surface area contributed by atoms with Gasteiger partial charge < -0.3 is 14.5 Å². The van der Waals surface area contributed by atoms with Crippen LogP contribution in [0.25, 0.3) is 0 Å². The van der Waals surface area contributed by atoms with Crippen LogP contribution >= 0.6 is 0 Å². The first-order valence-corrected chi connectivity index (χ1v) is 8.70. The SMILES string of the molecule is COCCC(=O)N1CCCN(C(=O)CCc2ccc(C)cc2)CC1. The molecule has 1 aromatic carbocycles. The predicted molar refractivity (Wildman–Crippen MR) is 93.8 cm³/mol. The molecule has 1 fully saturated rings. The standard InChI is InChI=1S/C19H28N2O3/c1-16-4-6-17(7-5-16)8-9-18(22)20-11-3-12-21(14-13-20)19(23)10-15-24-2/h4-7H,3,8-15H2,1-2H3. The highest BCUT2D eigenvalue weighted by molar-refractivity contribution is 5.78. The third-order valence-corrected chi connectivity index (χ3v) is 4.47. The van der Waals surface area contributed by atoms with Crippen molar-refractivity contribution in [2.45, 2.75) is 32.6 Å². The van der Waals surface area contributed by atoms with Crippen LogP contribution in [0.1, 0.15) is 30.4 Å². The monoisotopic (exact) mass is 332 g/mol. The Labute approximate surface area is 144 Å². The van der Waals surface area contributed by atoms with E-state index in [1.165, 1.54) is 11.1 Å². The molecule has 0 saturated carbocycles. The summed E-state index contributed by atoms with van der Waals surface area (Å²) in [4.78, 5) is 28.3. The second-order valence-electron chi connectivity index (χ2n) is 6.34. The normalized spacial score (nSPS) is 15.2. The van der Waals surface area contributed by atoms with E-state index in [-0.39, 0.29) is 11.8 Å². The van der Waals surface area contributed by atoms with E-state index >= 15 is 0 Å². The van der Waals surface area contributed by atoms with Crippen LogP contribution in [0, 0.1) is 6.92 Å². The Hall–Kier alpha value is -1.88. The van der Waals surface area contributed by atoms with Crippen LogP contribution in [0.4, 0.5) is 0 Å². The van der Waals surface area contributed by atoms with Gasteiger partial charge in [-0.3, -0.25) is 9.59 Å². The van der Waals surface area contributed by atoms with E-state index in [4.69, 9.17) is 4.74 Å². The first-order chi connectivity index (χ1) is 11.6. The molecule has 0 N–H and O–H groups in total. The van der Waals surface area contributed by atoms with Crippen molar-refractivity contribution in [2.75, 3.05) is 39.9 Å². The molecule has 1 heterocycles. The van der Waals surface area contributed by atoms with Gasteiger partial charge in [-0.15, -0.1) is 0 Å². The number of hydrogen-bond donors (Lipinski definition) is 0. The molecule has 0 bridgehead atoms. The summed E-state index contributed by atoms with van der Waals surface area (Å²) in [5, 5.41) is 0. The Morgan fingerprint density at radius 2 is 1.54 bits per heavy atom. The summed E-state index contributed by atoms with van der Waals surface area (Å²) in [5.74, 6) is 0.299. The van der Waals surface area contributed by atoms with Gasteiger partial charge in [0.25, 0.3) is 0 Å². The highest BCUT2D eigenvalue weighted by atomic mass is 16.5. The fraction of sp³-hybridized carbons (Fsp3) is 0.579. The number of hydrogen-bond acceptors (Lipinski definition) is 3. The molecule has 24 heavy (non-hydrogen) atoms. The molecule has 5 nitrogen and oxygen atoms in total. The largest absolute Gasteiger partial charge is 0.384 e. The predicted octanol–water partition coefficient (Wildman–Crippen LogP) is 2.03. The molecule has 0 unspecified atom stereocenters. The molecule has 2 amide bonds. The van der Waals surface area contributed by atoms with Gasteiger partial charge in [0.2, 0.25) is 11.8 Å². The van der Waals surface area contributed by atoms with Crippen molar-refractivity contribution in [2.24, 2.45) is 0 Å². The molecule has 1 aliphatic heterocycles. The third-order valence-electron chi connectivity index (χ3n) is 4.47. The Balaban J connectivity index is 1.78. The molecule has 1 aromatic rings. The van der Waals surface area contributed by atoms with Crippen LogP contribution in [-0.2, 0) is 20.7 Å². The number of ether oxygens (including phenoxy) is 1. The van der Waals surface area contributed by atoms with E-state index in [0.29, 0.717) is 32.5 Å². The van der Waals surface area contributed by atoms with E-state index in [2.05, 4.69) is 31.2 Å². The lowest BCUT2D eigenvalue weighted by atomic mass is 10.1. The minimum Gasteiger partial charge on any atom is -0.384 e. The number of aryl methyl sites for hydroxylation is 2. The van der Waals surface area contributed by atoms with E-state index in [0.717, 1.165) is 25.9 Å². The van der Waals surface area contributed by atoms with Gasteiger partial charge in [-0.05, 0) is 25.3 Å². The van der Waals surface area contributed by atoms with Crippen LogP contribution in [0.15, 0.2) is 24.3 Å². The zero-order valence-corrected chi connectivity index (χ0v) is 14.8. The van der Waals surface area contributed by atoms with Crippen molar-refractivity contribution in [1.29, 1.82) is 0 Å². The summed E-state index contributed by atoms with van der Waals surface area (Å²) < 4.78 is 4.96. The van der Waals surface area contributed by atoms with E-state index in [9.17, 15) is 9.59 Å². The Morgan fingerprint density at radius 1 is 0.958 bits per heavy atom. The van der Waals surface area contributed by atoms with Crippen molar-refractivity contribution >= 4 is 11.8 Å². The Bertz CT molecular complexity index is 542. The Kier molecular flexibility index (Phi) is 7.25. The lowest BCUT2D eigenvalue weighted by Crippen LogP contribution is -2.37. The van der Waals surface area contributed by atoms with Crippen LogP contribution in [-0.4, -0.2) is 61.5 Å². The summed E-state index contributed by atoms with van der Waals surface area (Å²) in [6, 6.07) is 8.33. The molecular weight excluding hydrogens is 304 g/mol. The molecule has 0 atom stereocenters. The maximum Gasteiger partial charge on any atom is 0.224 e. The molecule has 0 aromatic heterocycles. The Morgan fingerprint density at radius 3 is 2.12 bits per heavy atom.